The fourth-order valence-electron chi connectivity index (χ4n) is 2.60. The maximum absolute atomic E-state index is 5.45. The van der Waals surface area contributed by atoms with Gasteiger partial charge in [0, 0.05) is 55.7 Å². The molecule has 0 amide bonds. The highest BCUT2D eigenvalue weighted by Crippen LogP contribution is 2.24. The molecule has 0 aliphatic carbocycles. The molecule has 1 heterocycles. The Morgan fingerprint density at radius 1 is 1.27 bits per heavy atom. The van der Waals surface area contributed by atoms with Gasteiger partial charge in [0.25, 0.3) is 0 Å². The van der Waals surface area contributed by atoms with Gasteiger partial charge in [0.15, 0.2) is 5.96 Å². The second kappa shape index (κ2) is 10.7. The lowest BCUT2D eigenvalue weighted by atomic mass is 10.2. The van der Waals surface area contributed by atoms with Gasteiger partial charge in [-0.2, -0.15) is 0 Å². The van der Waals surface area contributed by atoms with Crippen LogP contribution in [0.5, 0.6) is 11.5 Å². The van der Waals surface area contributed by atoms with Crippen LogP contribution in [0.3, 0.4) is 0 Å². The molecular weight excluding hydrogens is 511 g/mol. The topological polar surface area (TPSA) is 51.0 Å². The van der Waals surface area contributed by atoms with E-state index in [9.17, 15) is 0 Å². The van der Waals surface area contributed by atoms with Gasteiger partial charge in [-0.1, -0.05) is 0 Å². The first-order valence-electron chi connectivity index (χ1n) is 7.92. The van der Waals surface area contributed by atoms with Crippen LogP contribution >= 0.6 is 39.9 Å². The predicted octanol–water partition coefficient (Wildman–Crippen LogP) is 3.63. The summed E-state index contributed by atoms with van der Waals surface area (Å²) in [6, 6.07) is 7.90. The highest BCUT2D eigenvalue weighted by molar-refractivity contribution is 14.0. The molecule has 0 fully saturated rings. The third kappa shape index (κ3) is 5.80. The molecule has 1 aromatic carbocycles. The van der Waals surface area contributed by atoms with Crippen LogP contribution in [0.25, 0.3) is 0 Å². The number of halogens is 2. The largest absolute Gasteiger partial charge is 0.497 e. The number of benzene rings is 1. The molecule has 6 nitrogen and oxygen atoms in total. The molecule has 0 radical (unpaired) electrons. The zero-order valence-corrected chi connectivity index (χ0v) is 19.7. The van der Waals surface area contributed by atoms with Crippen LogP contribution in [-0.4, -0.2) is 43.7 Å². The summed E-state index contributed by atoms with van der Waals surface area (Å²) in [5.74, 6) is 2.38. The quantitative estimate of drug-likeness (QED) is 0.348. The van der Waals surface area contributed by atoms with E-state index in [1.807, 2.05) is 38.5 Å². The van der Waals surface area contributed by atoms with Crippen LogP contribution in [0.15, 0.2) is 39.9 Å². The monoisotopic (exact) mass is 536 g/mol. The summed E-state index contributed by atoms with van der Waals surface area (Å²) in [5, 5.41) is 3.38. The highest BCUT2D eigenvalue weighted by atomic mass is 127. The van der Waals surface area contributed by atoms with Crippen molar-refractivity contribution in [2.45, 2.75) is 13.1 Å². The number of ether oxygens (including phenoxy) is 2. The van der Waals surface area contributed by atoms with Gasteiger partial charge in [-0.25, -0.2) is 0 Å². The van der Waals surface area contributed by atoms with E-state index >= 15 is 0 Å². The van der Waals surface area contributed by atoms with Crippen LogP contribution in [-0.2, 0) is 20.1 Å². The molecule has 8 heteroatoms. The first-order chi connectivity index (χ1) is 12.0. The molecule has 0 atom stereocenters. The molecule has 0 bridgehead atoms. The maximum atomic E-state index is 5.45. The minimum absolute atomic E-state index is 0. The molecule has 0 saturated heterocycles. The van der Waals surface area contributed by atoms with Gasteiger partial charge < -0.3 is 24.3 Å². The molecular formula is C18H26BrIN4O2. The second-order valence-electron chi connectivity index (χ2n) is 5.70. The first-order valence-corrected chi connectivity index (χ1v) is 8.71. The van der Waals surface area contributed by atoms with Crippen molar-refractivity contribution in [2.24, 2.45) is 12.0 Å². The molecule has 1 aromatic heterocycles. The van der Waals surface area contributed by atoms with Crippen LogP contribution in [0.2, 0.25) is 0 Å². The number of guanidine groups is 1. The van der Waals surface area contributed by atoms with Crippen molar-refractivity contribution in [3.63, 3.8) is 0 Å². The SMILES string of the molecule is CN=C(NCc1ccc(OC)cc1OC)N(C)Cc1cc(Br)cn1C.I. The van der Waals surface area contributed by atoms with Gasteiger partial charge in [-0.05, 0) is 34.1 Å². The zero-order valence-electron chi connectivity index (χ0n) is 15.7. The molecule has 1 N–H and O–H groups in total. The van der Waals surface area contributed by atoms with Crippen LogP contribution in [0, 0.1) is 0 Å². The van der Waals surface area contributed by atoms with Crippen molar-refractivity contribution < 1.29 is 9.47 Å². The summed E-state index contributed by atoms with van der Waals surface area (Å²) < 4.78 is 13.9. The van der Waals surface area contributed by atoms with E-state index in [1.165, 1.54) is 5.69 Å². The molecule has 0 saturated carbocycles. The number of aromatic nitrogens is 1. The third-order valence-electron chi connectivity index (χ3n) is 3.98. The van der Waals surface area contributed by atoms with Crippen molar-refractivity contribution in [1.29, 1.82) is 0 Å². The zero-order chi connectivity index (χ0) is 18.4. The van der Waals surface area contributed by atoms with E-state index in [-0.39, 0.29) is 24.0 Å². The van der Waals surface area contributed by atoms with E-state index in [0.717, 1.165) is 34.0 Å². The molecule has 144 valence electrons. The van der Waals surface area contributed by atoms with E-state index < -0.39 is 0 Å². The molecule has 26 heavy (non-hydrogen) atoms. The summed E-state index contributed by atoms with van der Waals surface area (Å²) >= 11 is 3.51. The van der Waals surface area contributed by atoms with Gasteiger partial charge in [-0.15, -0.1) is 24.0 Å². The number of rotatable bonds is 6. The minimum atomic E-state index is 0. The van der Waals surface area contributed by atoms with Crippen molar-refractivity contribution >= 4 is 45.9 Å². The lowest BCUT2D eigenvalue weighted by Crippen LogP contribution is -2.38. The Balaban J connectivity index is 0.00000338. The van der Waals surface area contributed by atoms with Gasteiger partial charge >= 0.3 is 0 Å². The first kappa shape index (κ1) is 22.6. The van der Waals surface area contributed by atoms with Crippen LogP contribution in [0.1, 0.15) is 11.3 Å². The molecule has 0 unspecified atom stereocenters. The van der Waals surface area contributed by atoms with E-state index in [1.54, 1.807) is 21.3 Å². The van der Waals surface area contributed by atoms with Crippen LogP contribution in [0.4, 0.5) is 0 Å². The maximum Gasteiger partial charge on any atom is 0.194 e. The minimum Gasteiger partial charge on any atom is -0.497 e. The summed E-state index contributed by atoms with van der Waals surface area (Å²) in [7, 11) is 9.14. The summed E-state index contributed by atoms with van der Waals surface area (Å²) in [6.45, 7) is 1.36. The fourth-order valence-corrected chi connectivity index (χ4v) is 3.17. The Bertz CT molecular complexity index is 749. The van der Waals surface area contributed by atoms with Gasteiger partial charge in [0.1, 0.15) is 11.5 Å². The van der Waals surface area contributed by atoms with Gasteiger partial charge in [0.05, 0.1) is 20.8 Å². The summed E-state index contributed by atoms with van der Waals surface area (Å²) in [4.78, 5) is 6.45. The lowest BCUT2D eigenvalue weighted by molar-refractivity contribution is 0.390. The Morgan fingerprint density at radius 3 is 2.54 bits per heavy atom. The average molecular weight is 537 g/mol. The number of nitrogens with one attached hydrogen (secondary N) is 1. The Labute approximate surface area is 180 Å². The van der Waals surface area contributed by atoms with E-state index in [2.05, 4.69) is 41.8 Å². The lowest BCUT2D eigenvalue weighted by Gasteiger charge is -2.23. The molecule has 0 spiro atoms. The van der Waals surface area contributed by atoms with E-state index in [0.29, 0.717) is 6.54 Å². The van der Waals surface area contributed by atoms with Crippen LogP contribution < -0.4 is 14.8 Å². The van der Waals surface area contributed by atoms with Gasteiger partial charge in [-0.3, -0.25) is 4.99 Å². The number of hydrogen-bond donors (Lipinski definition) is 1. The number of aryl methyl sites for hydroxylation is 1. The third-order valence-corrected chi connectivity index (χ3v) is 4.41. The second-order valence-corrected chi connectivity index (χ2v) is 6.61. The summed E-state index contributed by atoms with van der Waals surface area (Å²) in [6.07, 6.45) is 2.04. The fraction of sp³-hybridized carbons (Fsp3) is 0.389. The predicted molar refractivity (Wildman–Crippen MR) is 120 cm³/mol. The molecule has 0 aliphatic heterocycles. The highest BCUT2D eigenvalue weighted by Gasteiger charge is 2.11. The van der Waals surface area contributed by atoms with Crippen molar-refractivity contribution in [3.05, 3.63) is 46.2 Å². The summed E-state index contributed by atoms with van der Waals surface area (Å²) in [5.41, 5.74) is 2.24. The van der Waals surface area contributed by atoms with Crippen molar-refractivity contribution in [1.82, 2.24) is 14.8 Å². The Kier molecular flexibility index (Phi) is 9.28. The van der Waals surface area contributed by atoms with Crippen molar-refractivity contribution in [3.8, 4) is 11.5 Å². The molecule has 0 aliphatic rings. The number of aliphatic imine (C=N–C) groups is 1. The molecule has 2 rings (SSSR count). The number of methoxy groups -OCH3 is 2. The molecule has 2 aromatic rings. The number of hydrogen-bond acceptors (Lipinski definition) is 3. The smallest absolute Gasteiger partial charge is 0.194 e. The normalized spacial score (nSPS) is 10.9. The Morgan fingerprint density at radius 2 is 2.00 bits per heavy atom. The van der Waals surface area contributed by atoms with Crippen molar-refractivity contribution in [2.75, 3.05) is 28.3 Å². The standard InChI is InChI=1S/C18H25BrN4O2.HI/c1-20-18(23(3)12-15-8-14(19)11-22(15)2)21-10-13-6-7-16(24-4)9-17(13)25-5;/h6-9,11H,10,12H2,1-5H3,(H,20,21);1H. The average Bonchev–Trinajstić information content (AvgIpc) is 2.92. The Hall–Kier alpha value is -1.42. The van der Waals surface area contributed by atoms with Gasteiger partial charge in [0.2, 0.25) is 0 Å². The van der Waals surface area contributed by atoms with E-state index in [4.69, 9.17) is 9.47 Å². The number of nitrogens with zero attached hydrogens (tertiary/aromatic N) is 3.